The van der Waals surface area contributed by atoms with Crippen LogP contribution in [-0.4, -0.2) is 24.6 Å². The molecule has 4 nitrogen and oxygen atoms in total. The number of fused-ring (bicyclic) bond motifs is 3. The van der Waals surface area contributed by atoms with Crippen LogP contribution in [0.15, 0.2) is 29.4 Å². The predicted molar refractivity (Wildman–Crippen MR) is 58.5 cm³/mol. The highest BCUT2D eigenvalue weighted by atomic mass is 32.2. The van der Waals surface area contributed by atoms with Gasteiger partial charge in [0.2, 0.25) is 5.16 Å². The van der Waals surface area contributed by atoms with Crippen molar-refractivity contribution in [3.8, 4) is 0 Å². The molecule has 0 saturated carbocycles. The summed E-state index contributed by atoms with van der Waals surface area (Å²) in [5.74, 6) is 0. The van der Waals surface area contributed by atoms with E-state index in [0.29, 0.717) is 11.8 Å². The molecule has 0 saturated heterocycles. The lowest BCUT2D eigenvalue weighted by atomic mass is 10.3. The summed E-state index contributed by atoms with van der Waals surface area (Å²) in [5.41, 5.74) is 1.99. The third-order valence-electron chi connectivity index (χ3n) is 2.66. The first-order chi connectivity index (χ1) is 7.31. The maximum absolute atomic E-state index is 12.0. The third-order valence-corrected chi connectivity index (χ3v) is 4.13. The molecule has 2 aromatic rings. The van der Waals surface area contributed by atoms with Crippen molar-refractivity contribution in [2.24, 2.45) is 0 Å². The molecule has 1 unspecified atom stereocenters. The summed E-state index contributed by atoms with van der Waals surface area (Å²) < 4.78 is 15.9. The van der Waals surface area contributed by atoms with E-state index >= 15 is 0 Å². The van der Waals surface area contributed by atoms with E-state index in [-0.39, 0.29) is 0 Å². The van der Waals surface area contributed by atoms with Crippen molar-refractivity contribution >= 4 is 22.0 Å². The molecule has 0 fully saturated rings. The first-order valence-electron chi connectivity index (χ1n) is 4.93. The molecule has 0 radical (unpaired) electrons. The SMILES string of the molecule is CCN1Cn2c(nc3ccccc32)S1=O. The zero-order valence-corrected chi connectivity index (χ0v) is 9.20. The molecule has 2 heterocycles. The number of para-hydroxylation sites is 2. The van der Waals surface area contributed by atoms with Gasteiger partial charge in [0, 0.05) is 6.54 Å². The topological polar surface area (TPSA) is 38.1 Å². The molecular formula is C10H11N3OS. The quantitative estimate of drug-likeness (QED) is 0.729. The molecule has 1 atom stereocenters. The average Bonchev–Trinajstić information content (AvgIpc) is 2.76. The van der Waals surface area contributed by atoms with Gasteiger partial charge in [0.25, 0.3) is 0 Å². The van der Waals surface area contributed by atoms with E-state index in [1.165, 1.54) is 0 Å². The summed E-state index contributed by atoms with van der Waals surface area (Å²) in [7, 11) is -1.08. The van der Waals surface area contributed by atoms with E-state index in [0.717, 1.165) is 17.6 Å². The predicted octanol–water partition coefficient (Wildman–Crippen LogP) is 1.35. The number of rotatable bonds is 1. The van der Waals surface area contributed by atoms with Crippen LogP contribution in [0.4, 0.5) is 0 Å². The largest absolute Gasteiger partial charge is 0.301 e. The zero-order valence-electron chi connectivity index (χ0n) is 8.38. The molecule has 0 aliphatic carbocycles. The Bertz CT molecular complexity index is 549. The van der Waals surface area contributed by atoms with Crippen molar-refractivity contribution in [2.45, 2.75) is 18.7 Å². The molecule has 1 aromatic carbocycles. The molecule has 1 aromatic heterocycles. The molecule has 1 aliphatic heterocycles. The van der Waals surface area contributed by atoms with Gasteiger partial charge in [0.15, 0.2) is 11.0 Å². The van der Waals surface area contributed by atoms with Crippen LogP contribution in [0.25, 0.3) is 11.0 Å². The van der Waals surface area contributed by atoms with Crippen molar-refractivity contribution in [1.82, 2.24) is 13.9 Å². The molecule has 0 N–H and O–H groups in total. The van der Waals surface area contributed by atoms with Crippen LogP contribution >= 0.6 is 0 Å². The Balaban J connectivity index is 2.24. The summed E-state index contributed by atoms with van der Waals surface area (Å²) in [6.07, 6.45) is 0. The Kier molecular flexibility index (Phi) is 1.90. The van der Waals surface area contributed by atoms with Crippen LogP contribution in [-0.2, 0) is 17.7 Å². The maximum Gasteiger partial charge on any atom is 0.217 e. The summed E-state index contributed by atoms with van der Waals surface area (Å²) in [4.78, 5) is 4.39. The van der Waals surface area contributed by atoms with Crippen LogP contribution < -0.4 is 0 Å². The Morgan fingerprint density at radius 2 is 2.27 bits per heavy atom. The highest BCUT2D eigenvalue weighted by Gasteiger charge is 2.28. The van der Waals surface area contributed by atoms with Gasteiger partial charge in [-0.2, -0.15) is 4.31 Å². The van der Waals surface area contributed by atoms with Gasteiger partial charge in [-0.3, -0.25) is 0 Å². The minimum atomic E-state index is -1.08. The number of nitrogens with zero attached hydrogens (tertiary/aromatic N) is 3. The van der Waals surface area contributed by atoms with Gasteiger partial charge in [0.1, 0.15) is 0 Å². The van der Waals surface area contributed by atoms with Gasteiger partial charge >= 0.3 is 0 Å². The zero-order chi connectivity index (χ0) is 10.4. The standard InChI is InChI=1S/C10H11N3OS/c1-2-12-7-13-9-6-4-3-5-8(9)11-10(13)15(12)14/h3-6H,2,7H2,1H3. The maximum atomic E-state index is 12.0. The molecular weight excluding hydrogens is 210 g/mol. The van der Waals surface area contributed by atoms with E-state index < -0.39 is 11.0 Å². The second-order valence-corrected chi connectivity index (χ2v) is 4.88. The van der Waals surface area contributed by atoms with Crippen molar-refractivity contribution in [3.63, 3.8) is 0 Å². The Labute approximate surface area is 90.1 Å². The Hall–Kier alpha value is -1.20. The van der Waals surface area contributed by atoms with Crippen LogP contribution in [0, 0.1) is 0 Å². The van der Waals surface area contributed by atoms with Gasteiger partial charge in [-0.1, -0.05) is 19.1 Å². The molecule has 0 spiro atoms. The summed E-state index contributed by atoms with van der Waals surface area (Å²) in [6.45, 7) is 3.47. The van der Waals surface area contributed by atoms with Gasteiger partial charge in [-0.05, 0) is 12.1 Å². The lowest BCUT2D eigenvalue weighted by Gasteiger charge is -2.08. The van der Waals surface area contributed by atoms with E-state index in [1.54, 1.807) is 0 Å². The van der Waals surface area contributed by atoms with E-state index in [1.807, 2.05) is 40.1 Å². The molecule has 5 heteroatoms. The molecule has 15 heavy (non-hydrogen) atoms. The molecule has 78 valence electrons. The monoisotopic (exact) mass is 221 g/mol. The van der Waals surface area contributed by atoms with Crippen molar-refractivity contribution in [1.29, 1.82) is 0 Å². The van der Waals surface area contributed by atoms with Gasteiger partial charge in [0.05, 0.1) is 17.7 Å². The van der Waals surface area contributed by atoms with Crippen LogP contribution in [0.2, 0.25) is 0 Å². The Morgan fingerprint density at radius 1 is 1.47 bits per heavy atom. The minimum Gasteiger partial charge on any atom is -0.301 e. The van der Waals surface area contributed by atoms with Crippen molar-refractivity contribution in [3.05, 3.63) is 24.3 Å². The highest BCUT2D eigenvalue weighted by molar-refractivity contribution is 7.82. The van der Waals surface area contributed by atoms with E-state index in [2.05, 4.69) is 4.98 Å². The highest BCUT2D eigenvalue weighted by Crippen LogP contribution is 2.25. The lowest BCUT2D eigenvalue weighted by Crippen LogP contribution is -2.19. The van der Waals surface area contributed by atoms with Crippen LogP contribution in [0.5, 0.6) is 0 Å². The Morgan fingerprint density at radius 3 is 3.07 bits per heavy atom. The smallest absolute Gasteiger partial charge is 0.217 e. The second-order valence-electron chi connectivity index (χ2n) is 3.50. The number of aromatic nitrogens is 2. The van der Waals surface area contributed by atoms with Gasteiger partial charge in [-0.25, -0.2) is 9.19 Å². The van der Waals surface area contributed by atoms with Crippen LogP contribution in [0.3, 0.4) is 0 Å². The molecule has 1 aliphatic rings. The van der Waals surface area contributed by atoms with Crippen molar-refractivity contribution in [2.75, 3.05) is 6.54 Å². The van der Waals surface area contributed by atoms with Gasteiger partial charge in [-0.15, -0.1) is 0 Å². The number of hydrogen-bond donors (Lipinski definition) is 0. The van der Waals surface area contributed by atoms with E-state index in [9.17, 15) is 4.21 Å². The fourth-order valence-electron chi connectivity index (χ4n) is 1.87. The first kappa shape index (κ1) is 9.06. The third kappa shape index (κ3) is 1.16. The average molecular weight is 221 g/mol. The second kappa shape index (κ2) is 3.15. The molecule has 0 amide bonds. The van der Waals surface area contributed by atoms with Crippen LogP contribution in [0.1, 0.15) is 6.92 Å². The minimum absolute atomic E-state index is 0.679. The summed E-state index contributed by atoms with van der Waals surface area (Å²) >= 11 is 0. The van der Waals surface area contributed by atoms with E-state index in [4.69, 9.17) is 0 Å². The number of imidazole rings is 1. The first-order valence-corrected chi connectivity index (χ1v) is 6.04. The normalized spacial score (nSPS) is 21.0. The molecule has 3 rings (SSSR count). The lowest BCUT2D eigenvalue weighted by molar-refractivity contribution is 0.412. The number of hydrogen-bond acceptors (Lipinski definition) is 2. The molecule has 0 bridgehead atoms. The summed E-state index contributed by atoms with van der Waals surface area (Å²) in [6, 6.07) is 7.90. The van der Waals surface area contributed by atoms with Crippen molar-refractivity contribution < 1.29 is 4.21 Å². The fourth-order valence-corrected chi connectivity index (χ4v) is 3.07. The number of benzene rings is 1. The summed E-state index contributed by atoms with van der Waals surface area (Å²) in [5, 5.41) is 0.679. The van der Waals surface area contributed by atoms with Gasteiger partial charge < -0.3 is 4.57 Å². The fraction of sp³-hybridized carbons (Fsp3) is 0.300.